The van der Waals surface area contributed by atoms with Gasteiger partial charge in [0.25, 0.3) is 0 Å². The topological polar surface area (TPSA) is 35.5 Å². The maximum Gasteiger partial charge on any atom is 0.306 e. The summed E-state index contributed by atoms with van der Waals surface area (Å²) in [5.41, 5.74) is 0. The first-order valence-electron chi connectivity index (χ1n) is 11.1. The van der Waals surface area contributed by atoms with Gasteiger partial charge in [0.1, 0.15) is 6.10 Å². The van der Waals surface area contributed by atoms with Crippen molar-refractivity contribution in [2.75, 3.05) is 13.2 Å². The van der Waals surface area contributed by atoms with Crippen molar-refractivity contribution in [3.63, 3.8) is 0 Å². The molecule has 1 aliphatic heterocycles. The van der Waals surface area contributed by atoms with Crippen LogP contribution in [0.5, 0.6) is 0 Å². The molecule has 26 heavy (non-hydrogen) atoms. The molecule has 1 saturated heterocycles. The maximum absolute atomic E-state index is 11.7. The van der Waals surface area contributed by atoms with E-state index in [1.54, 1.807) is 0 Å². The lowest BCUT2D eigenvalue weighted by Crippen LogP contribution is -2.28. The van der Waals surface area contributed by atoms with Crippen molar-refractivity contribution in [2.45, 2.75) is 109 Å². The van der Waals surface area contributed by atoms with Gasteiger partial charge in [-0.1, -0.05) is 70.4 Å². The van der Waals surface area contributed by atoms with Crippen LogP contribution in [0, 0.1) is 6.42 Å². The number of carbonyl (C=O) groups excluding carboxylic acids is 1. The molecule has 3 nitrogen and oxygen atoms in total. The molecular formula is C23H41O3. The first-order valence-corrected chi connectivity index (χ1v) is 11.1. The molecule has 1 fully saturated rings. The second kappa shape index (κ2) is 17.6. The molecule has 1 rings (SSSR count). The highest BCUT2D eigenvalue weighted by Gasteiger charge is 2.17. The lowest BCUT2D eigenvalue weighted by atomic mass is 10.1. The lowest BCUT2D eigenvalue weighted by molar-refractivity contribution is -0.151. The van der Waals surface area contributed by atoms with E-state index in [0.29, 0.717) is 13.0 Å². The van der Waals surface area contributed by atoms with Crippen LogP contribution in [0.25, 0.3) is 0 Å². The lowest BCUT2D eigenvalue weighted by Gasteiger charge is -2.21. The zero-order valence-electron chi connectivity index (χ0n) is 17.1. The zero-order chi connectivity index (χ0) is 18.7. The van der Waals surface area contributed by atoms with Crippen LogP contribution < -0.4 is 0 Å². The van der Waals surface area contributed by atoms with Crippen LogP contribution in [0.2, 0.25) is 0 Å². The SMILES string of the molecule is CCCCCCCC/C=C\CCCCCCCC(=O)OC1[CH]CCOC1. The van der Waals surface area contributed by atoms with E-state index in [0.717, 1.165) is 25.9 Å². The van der Waals surface area contributed by atoms with Gasteiger partial charge in [-0.05, 0) is 38.5 Å². The van der Waals surface area contributed by atoms with E-state index in [-0.39, 0.29) is 12.1 Å². The molecule has 1 radical (unpaired) electrons. The standard InChI is InChI=1S/C23H41O3/c1-2-3-4-5-6-7-8-9-10-11-12-13-14-15-16-19-23(24)26-22-18-17-20-25-21-22/h9-10,18,22H,2-8,11-17,19-21H2,1H3/b10-9-. The number of unbranched alkanes of at least 4 members (excludes halogenated alkanes) is 11. The Morgan fingerprint density at radius 3 is 2.19 bits per heavy atom. The maximum atomic E-state index is 11.7. The zero-order valence-corrected chi connectivity index (χ0v) is 17.1. The Balaban J connectivity index is 1.78. The average Bonchev–Trinajstić information content (AvgIpc) is 2.65. The van der Waals surface area contributed by atoms with Gasteiger partial charge >= 0.3 is 5.97 Å². The summed E-state index contributed by atoms with van der Waals surface area (Å²) < 4.78 is 10.7. The molecule has 3 heteroatoms. The Morgan fingerprint density at radius 1 is 0.962 bits per heavy atom. The normalized spacial score (nSPS) is 17.7. The van der Waals surface area contributed by atoms with Gasteiger partial charge in [-0.2, -0.15) is 0 Å². The van der Waals surface area contributed by atoms with Crippen molar-refractivity contribution in [1.82, 2.24) is 0 Å². The van der Waals surface area contributed by atoms with Gasteiger partial charge < -0.3 is 9.47 Å². The van der Waals surface area contributed by atoms with Gasteiger partial charge in [0.2, 0.25) is 0 Å². The second-order valence-electron chi connectivity index (χ2n) is 7.46. The summed E-state index contributed by atoms with van der Waals surface area (Å²) in [6, 6.07) is 0. The van der Waals surface area contributed by atoms with Crippen molar-refractivity contribution in [1.29, 1.82) is 0 Å². The third-order valence-electron chi connectivity index (χ3n) is 4.90. The van der Waals surface area contributed by atoms with Crippen molar-refractivity contribution in [3.05, 3.63) is 18.6 Å². The molecule has 0 spiro atoms. The van der Waals surface area contributed by atoms with E-state index < -0.39 is 0 Å². The highest BCUT2D eigenvalue weighted by molar-refractivity contribution is 5.69. The Labute approximate surface area is 161 Å². The van der Waals surface area contributed by atoms with Crippen LogP contribution in [0.15, 0.2) is 12.2 Å². The summed E-state index contributed by atoms with van der Waals surface area (Å²) in [7, 11) is 0. The van der Waals surface area contributed by atoms with E-state index in [9.17, 15) is 4.79 Å². The minimum Gasteiger partial charge on any atom is -0.460 e. The smallest absolute Gasteiger partial charge is 0.306 e. The Kier molecular flexibility index (Phi) is 15.7. The molecule has 0 aromatic heterocycles. The monoisotopic (exact) mass is 365 g/mol. The van der Waals surface area contributed by atoms with Crippen molar-refractivity contribution < 1.29 is 14.3 Å². The first-order chi connectivity index (χ1) is 12.8. The third kappa shape index (κ3) is 14.4. The van der Waals surface area contributed by atoms with Gasteiger partial charge in [-0.15, -0.1) is 0 Å². The van der Waals surface area contributed by atoms with Crippen molar-refractivity contribution in [3.8, 4) is 0 Å². The number of esters is 1. The van der Waals surface area contributed by atoms with Gasteiger partial charge in [0.05, 0.1) is 6.61 Å². The molecule has 1 aliphatic rings. The highest BCUT2D eigenvalue weighted by Crippen LogP contribution is 2.12. The molecule has 1 atom stereocenters. The predicted octanol–water partition coefficient (Wildman–Crippen LogP) is 6.56. The predicted molar refractivity (Wildman–Crippen MR) is 109 cm³/mol. The highest BCUT2D eigenvalue weighted by atomic mass is 16.6. The largest absolute Gasteiger partial charge is 0.460 e. The van der Waals surface area contributed by atoms with Gasteiger partial charge in [0, 0.05) is 19.4 Å². The Hall–Kier alpha value is -0.830. The summed E-state index contributed by atoms with van der Waals surface area (Å²) in [5.74, 6) is -0.0747. The van der Waals surface area contributed by atoms with Crippen LogP contribution in [0.3, 0.4) is 0 Å². The molecular weight excluding hydrogens is 324 g/mol. The van der Waals surface area contributed by atoms with Crippen LogP contribution in [-0.4, -0.2) is 25.3 Å². The molecule has 0 aromatic carbocycles. The number of allylic oxidation sites excluding steroid dienone is 2. The van der Waals surface area contributed by atoms with E-state index in [4.69, 9.17) is 9.47 Å². The second-order valence-corrected chi connectivity index (χ2v) is 7.46. The minimum absolute atomic E-state index is 0.0747. The van der Waals surface area contributed by atoms with Gasteiger partial charge in [-0.3, -0.25) is 4.79 Å². The number of hydrogen-bond acceptors (Lipinski definition) is 3. The fourth-order valence-electron chi connectivity index (χ4n) is 3.25. The summed E-state index contributed by atoms with van der Waals surface area (Å²) in [6.45, 7) is 3.55. The molecule has 0 N–H and O–H groups in total. The number of hydrogen-bond donors (Lipinski definition) is 0. The number of rotatable bonds is 16. The Morgan fingerprint density at radius 2 is 1.58 bits per heavy atom. The van der Waals surface area contributed by atoms with E-state index >= 15 is 0 Å². The molecule has 0 amide bonds. The van der Waals surface area contributed by atoms with E-state index in [2.05, 4.69) is 19.1 Å². The first kappa shape index (κ1) is 23.2. The number of carbonyl (C=O) groups is 1. The van der Waals surface area contributed by atoms with Crippen LogP contribution in [0.1, 0.15) is 103 Å². The van der Waals surface area contributed by atoms with Crippen molar-refractivity contribution in [2.24, 2.45) is 0 Å². The molecule has 0 aromatic rings. The summed E-state index contributed by atoms with van der Waals surface area (Å²) >= 11 is 0. The van der Waals surface area contributed by atoms with Crippen LogP contribution in [-0.2, 0) is 14.3 Å². The van der Waals surface area contributed by atoms with Crippen LogP contribution in [0.4, 0.5) is 0 Å². The minimum atomic E-state index is -0.126. The van der Waals surface area contributed by atoms with Gasteiger partial charge in [-0.25, -0.2) is 0 Å². The summed E-state index contributed by atoms with van der Waals surface area (Å²) in [4.78, 5) is 11.7. The van der Waals surface area contributed by atoms with Gasteiger partial charge in [0.15, 0.2) is 0 Å². The Bertz CT molecular complexity index is 345. The number of ether oxygens (including phenoxy) is 2. The molecule has 1 heterocycles. The molecule has 1 unspecified atom stereocenters. The molecule has 0 saturated carbocycles. The fraction of sp³-hybridized carbons (Fsp3) is 0.826. The average molecular weight is 366 g/mol. The van der Waals surface area contributed by atoms with Crippen LogP contribution >= 0.6 is 0 Å². The quantitative estimate of drug-likeness (QED) is 0.176. The fourth-order valence-corrected chi connectivity index (χ4v) is 3.25. The molecule has 0 bridgehead atoms. The summed E-state index contributed by atoms with van der Waals surface area (Å²) in [6.07, 6.45) is 24.6. The van der Waals surface area contributed by atoms with E-state index in [1.165, 1.54) is 70.6 Å². The van der Waals surface area contributed by atoms with E-state index in [1.807, 2.05) is 6.42 Å². The van der Waals surface area contributed by atoms with Crippen molar-refractivity contribution >= 4 is 5.97 Å². The summed E-state index contributed by atoms with van der Waals surface area (Å²) in [5, 5.41) is 0. The molecule has 0 aliphatic carbocycles. The third-order valence-corrected chi connectivity index (χ3v) is 4.90. The molecule has 151 valence electrons.